The second-order valence-corrected chi connectivity index (χ2v) is 8.69. The molecular weight excluding hydrogens is 492 g/mol. The van der Waals surface area contributed by atoms with E-state index >= 15 is 0 Å². The molecule has 0 radical (unpaired) electrons. The van der Waals surface area contributed by atoms with E-state index in [4.69, 9.17) is 24.1 Å². The maximum absolute atomic E-state index is 11.1. The first-order valence-electron chi connectivity index (χ1n) is 11.8. The summed E-state index contributed by atoms with van der Waals surface area (Å²) in [6, 6.07) is 8.80. The minimum absolute atomic E-state index is 0.00133. The van der Waals surface area contributed by atoms with Gasteiger partial charge in [0.15, 0.2) is 35.4 Å². The smallest absolute Gasteiger partial charge is 0.186 e. The Bertz CT molecular complexity index is 1000. The first-order chi connectivity index (χ1) is 17.7. The molecule has 1 aliphatic heterocycles. The van der Waals surface area contributed by atoms with Crippen LogP contribution in [0.5, 0.6) is 23.0 Å². The molecule has 2 aromatic rings. The number of ether oxygens (including phenoxy) is 4. The Hall–Kier alpha value is -2.68. The summed E-state index contributed by atoms with van der Waals surface area (Å²) in [5.74, 6) is -0.255. The molecule has 206 valence electrons. The van der Waals surface area contributed by atoms with Crippen molar-refractivity contribution in [3.05, 3.63) is 47.5 Å². The number of methoxy groups -OCH3 is 1. The maximum atomic E-state index is 11.1. The van der Waals surface area contributed by atoms with E-state index in [1.807, 2.05) is 0 Å². The number of rotatable bonds is 12. The standard InChI is InChI=1S/C25H34O12/c1-34-18-10-14(5-6-15(18)28)21(30)20(36-17-7-4-13(3-2-8-26)9-16(17)29)12-35-25-24(33)23(32)22(31)19(11-27)37-25/h4-7,9-10,19-33H,2-3,8,11-12H2,1H3/t19-,20-,21+,22+,23+,24+,25+/m0/s1. The molecule has 0 spiro atoms. The van der Waals surface area contributed by atoms with Crippen molar-refractivity contribution in [3.63, 3.8) is 0 Å². The van der Waals surface area contributed by atoms with E-state index in [0.717, 1.165) is 5.56 Å². The highest BCUT2D eigenvalue weighted by molar-refractivity contribution is 5.44. The Balaban J connectivity index is 1.83. The van der Waals surface area contributed by atoms with Gasteiger partial charge in [0.1, 0.15) is 30.5 Å². The SMILES string of the molecule is COc1cc([C@@H](O)[C@H](CO[C@@H]2O[C@@H](CO)[C@@H](O)[C@@H](O)[C@H]2O)Oc2ccc(CCCO)cc2O)ccc1O. The molecule has 7 atom stereocenters. The monoisotopic (exact) mass is 526 g/mol. The van der Waals surface area contributed by atoms with E-state index in [1.165, 1.54) is 37.4 Å². The van der Waals surface area contributed by atoms with E-state index in [-0.39, 0.29) is 35.2 Å². The van der Waals surface area contributed by atoms with Crippen LogP contribution in [0, 0.1) is 0 Å². The number of phenolic OH excluding ortho intramolecular Hbond substituents is 2. The molecule has 0 aliphatic carbocycles. The van der Waals surface area contributed by atoms with Crippen molar-refractivity contribution in [2.75, 3.05) is 26.9 Å². The molecule has 1 heterocycles. The second kappa shape index (κ2) is 13.2. The number of hydrogen-bond acceptors (Lipinski definition) is 12. The van der Waals surface area contributed by atoms with Crippen LogP contribution in [0.1, 0.15) is 23.7 Å². The molecule has 0 amide bonds. The van der Waals surface area contributed by atoms with Crippen LogP contribution >= 0.6 is 0 Å². The van der Waals surface area contributed by atoms with Crippen molar-refractivity contribution in [1.29, 1.82) is 0 Å². The van der Waals surface area contributed by atoms with Gasteiger partial charge in [0, 0.05) is 6.61 Å². The Labute approximate surface area is 213 Å². The molecule has 0 aromatic heterocycles. The number of benzene rings is 2. The fraction of sp³-hybridized carbons (Fsp3) is 0.520. The Kier molecular flexibility index (Phi) is 10.3. The van der Waals surface area contributed by atoms with Crippen molar-refractivity contribution in [2.45, 2.75) is 55.8 Å². The number of aromatic hydroxyl groups is 2. The van der Waals surface area contributed by atoms with Crippen LogP contribution in [0.15, 0.2) is 36.4 Å². The Morgan fingerprint density at radius 1 is 0.919 bits per heavy atom. The van der Waals surface area contributed by atoms with Crippen LogP contribution in [0.4, 0.5) is 0 Å². The lowest BCUT2D eigenvalue weighted by molar-refractivity contribution is -0.305. The third-order valence-electron chi connectivity index (χ3n) is 6.10. The van der Waals surface area contributed by atoms with Crippen molar-refractivity contribution < 1.29 is 59.8 Å². The summed E-state index contributed by atoms with van der Waals surface area (Å²) in [5.41, 5.74) is 1.04. The van der Waals surface area contributed by atoms with Gasteiger partial charge in [-0.15, -0.1) is 0 Å². The summed E-state index contributed by atoms with van der Waals surface area (Å²) in [5, 5.41) is 80.2. The molecule has 0 unspecified atom stereocenters. The van der Waals surface area contributed by atoms with E-state index in [0.29, 0.717) is 12.8 Å². The molecule has 1 saturated heterocycles. The summed E-state index contributed by atoms with van der Waals surface area (Å²) in [6.45, 7) is -1.07. The van der Waals surface area contributed by atoms with Gasteiger partial charge < -0.3 is 59.8 Å². The highest BCUT2D eigenvalue weighted by Gasteiger charge is 2.44. The minimum Gasteiger partial charge on any atom is -0.504 e. The maximum Gasteiger partial charge on any atom is 0.186 e. The number of aliphatic hydroxyl groups excluding tert-OH is 6. The minimum atomic E-state index is -1.66. The first-order valence-corrected chi connectivity index (χ1v) is 11.8. The topological polar surface area (TPSA) is 199 Å². The fourth-order valence-corrected chi connectivity index (χ4v) is 3.94. The van der Waals surface area contributed by atoms with Gasteiger partial charge >= 0.3 is 0 Å². The molecule has 2 aromatic carbocycles. The summed E-state index contributed by atoms with van der Waals surface area (Å²) in [7, 11) is 1.35. The van der Waals surface area contributed by atoms with Crippen LogP contribution in [0.3, 0.4) is 0 Å². The largest absolute Gasteiger partial charge is 0.504 e. The van der Waals surface area contributed by atoms with Crippen LogP contribution in [0.25, 0.3) is 0 Å². The summed E-state index contributed by atoms with van der Waals surface area (Å²) < 4.78 is 21.9. The third kappa shape index (κ3) is 7.00. The molecule has 8 N–H and O–H groups in total. The Morgan fingerprint density at radius 3 is 2.32 bits per heavy atom. The molecule has 0 bridgehead atoms. The summed E-state index contributed by atoms with van der Waals surface area (Å²) >= 11 is 0. The third-order valence-corrected chi connectivity index (χ3v) is 6.10. The average molecular weight is 527 g/mol. The van der Waals surface area contributed by atoms with Gasteiger partial charge in [-0.25, -0.2) is 0 Å². The molecule has 12 nitrogen and oxygen atoms in total. The van der Waals surface area contributed by atoms with E-state index in [2.05, 4.69) is 0 Å². The molecular formula is C25H34O12. The van der Waals surface area contributed by atoms with Gasteiger partial charge in [-0.2, -0.15) is 0 Å². The molecule has 1 fully saturated rings. The number of aryl methyl sites for hydroxylation is 1. The van der Waals surface area contributed by atoms with Crippen molar-refractivity contribution in [1.82, 2.24) is 0 Å². The fourth-order valence-electron chi connectivity index (χ4n) is 3.94. The van der Waals surface area contributed by atoms with Crippen LogP contribution in [-0.4, -0.2) is 105 Å². The number of phenols is 2. The molecule has 37 heavy (non-hydrogen) atoms. The second-order valence-electron chi connectivity index (χ2n) is 8.69. The lowest BCUT2D eigenvalue weighted by Gasteiger charge is -2.40. The lowest BCUT2D eigenvalue weighted by atomic mass is 9.99. The average Bonchev–Trinajstić information content (AvgIpc) is 2.90. The number of hydrogen-bond donors (Lipinski definition) is 8. The zero-order chi connectivity index (χ0) is 27.1. The Morgan fingerprint density at radius 2 is 1.68 bits per heavy atom. The van der Waals surface area contributed by atoms with Gasteiger partial charge in [0.25, 0.3) is 0 Å². The van der Waals surface area contributed by atoms with Crippen LogP contribution < -0.4 is 9.47 Å². The molecule has 0 saturated carbocycles. The van der Waals surface area contributed by atoms with Crippen molar-refractivity contribution in [2.24, 2.45) is 0 Å². The summed E-state index contributed by atoms with van der Waals surface area (Å²) in [6.07, 6.45) is -9.12. The summed E-state index contributed by atoms with van der Waals surface area (Å²) in [4.78, 5) is 0. The van der Waals surface area contributed by atoms with Gasteiger partial charge in [-0.1, -0.05) is 12.1 Å². The van der Waals surface area contributed by atoms with Gasteiger partial charge in [0.05, 0.1) is 20.3 Å². The molecule has 12 heteroatoms. The highest BCUT2D eigenvalue weighted by atomic mass is 16.7. The predicted octanol–water partition coefficient (Wildman–Crippen LogP) is -0.671. The zero-order valence-electron chi connectivity index (χ0n) is 20.3. The van der Waals surface area contributed by atoms with E-state index < -0.39 is 56.1 Å². The predicted molar refractivity (Wildman–Crippen MR) is 127 cm³/mol. The van der Waals surface area contributed by atoms with E-state index in [9.17, 15) is 35.7 Å². The van der Waals surface area contributed by atoms with Crippen LogP contribution in [-0.2, 0) is 15.9 Å². The molecule has 3 rings (SSSR count). The van der Waals surface area contributed by atoms with Crippen molar-refractivity contribution >= 4 is 0 Å². The number of aliphatic hydroxyl groups is 6. The quantitative estimate of drug-likeness (QED) is 0.174. The lowest BCUT2D eigenvalue weighted by Crippen LogP contribution is -2.59. The first kappa shape index (κ1) is 28.9. The van der Waals surface area contributed by atoms with Crippen molar-refractivity contribution in [3.8, 4) is 23.0 Å². The highest BCUT2D eigenvalue weighted by Crippen LogP contribution is 2.34. The van der Waals surface area contributed by atoms with Gasteiger partial charge in [0.2, 0.25) is 0 Å². The van der Waals surface area contributed by atoms with E-state index in [1.54, 1.807) is 6.07 Å². The van der Waals surface area contributed by atoms with Gasteiger partial charge in [-0.05, 0) is 48.2 Å². The zero-order valence-corrected chi connectivity index (χ0v) is 20.3. The normalized spacial score (nSPS) is 25.4. The van der Waals surface area contributed by atoms with Crippen LogP contribution in [0.2, 0.25) is 0 Å². The molecule has 1 aliphatic rings. The van der Waals surface area contributed by atoms with Gasteiger partial charge in [-0.3, -0.25) is 0 Å².